The van der Waals surface area contributed by atoms with E-state index in [0.717, 1.165) is 31.3 Å². The standard InChI is InChI=1S/C11H18O/c1-3-6-9(2)11(12)10-7-4-5-8-10/h7,9H,3-6,8H2,1-2H3. The summed E-state index contributed by atoms with van der Waals surface area (Å²) in [6.45, 7) is 4.18. The quantitative estimate of drug-likeness (QED) is 0.627. The van der Waals surface area contributed by atoms with E-state index in [1.54, 1.807) is 0 Å². The first kappa shape index (κ1) is 9.50. The molecular weight excluding hydrogens is 148 g/mol. The first-order valence-electron chi connectivity index (χ1n) is 4.99. The van der Waals surface area contributed by atoms with Gasteiger partial charge in [0, 0.05) is 5.92 Å². The molecule has 1 atom stereocenters. The lowest BCUT2D eigenvalue weighted by molar-refractivity contribution is -0.119. The minimum Gasteiger partial charge on any atom is -0.294 e. The van der Waals surface area contributed by atoms with Crippen LogP contribution in [0.5, 0.6) is 0 Å². The molecule has 0 N–H and O–H groups in total. The average molecular weight is 166 g/mol. The smallest absolute Gasteiger partial charge is 0.161 e. The molecule has 1 unspecified atom stereocenters. The molecule has 1 nitrogen and oxygen atoms in total. The monoisotopic (exact) mass is 166 g/mol. The van der Waals surface area contributed by atoms with Gasteiger partial charge in [0.15, 0.2) is 5.78 Å². The number of carbonyl (C=O) groups excluding carboxylic acids is 1. The van der Waals surface area contributed by atoms with Crippen molar-refractivity contribution < 1.29 is 4.79 Å². The van der Waals surface area contributed by atoms with Gasteiger partial charge in [-0.05, 0) is 31.3 Å². The molecule has 0 heterocycles. The van der Waals surface area contributed by atoms with Crippen LogP contribution in [-0.2, 0) is 4.79 Å². The van der Waals surface area contributed by atoms with E-state index in [2.05, 4.69) is 13.0 Å². The highest BCUT2D eigenvalue weighted by Gasteiger charge is 2.18. The fourth-order valence-corrected chi connectivity index (χ4v) is 1.78. The van der Waals surface area contributed by atoms with E-state index in [4.69, 9.17) is 0 Å². The maximum absolute atomic E-state index is 11.7. The van der Waals surface area contributed by atoms with E-state index >= 15 is 0 Å². The van der Waals surface area contributed by atoms with Gasteiger partial charge in [0.25, 0.3) is 0 Å². The van der Waals surface area contributed by atoms with Crippen LogP contribution in [0.1, 0.15) is 46.0 Å². The average Bonchev–Trinajstić information content (AvgIpc) is 2.55. The van der Waals surface area contributed by atoms with Crippen molar-refractivity contribution in [2.45, 2.75) is 46.0 Å². The summed E-state index contributed by atoms with van der Waals surface area (Å²) >= 11 is 0. The Kier molecular flexibility index (Phi) is 3.51. The lowest BCUT2D eigenvalue weighted by Crippen LogP contribution is -2.12. The van der Waals surface area contributed by atoms with Crippen molar-refractivity contribution in [3.05, 3.63) is 11.6 Å². The van der Waals surface area contributed by atoms with Crippen LogP contribution in [0.2, 0.25) is 0 Å². The molecule has 0 radical (unpaired) electrons. The molecule has 0 fully saturated rings. The van der Waals surface area contributed by atoms with Crippen LogP contribution in [0, 0.1) is 5.92 Å². The van der Waals surface area contributed by atoms with E-state index in [-0.39, 0.29) is 5.92 Å². The summed E-state index contributed by atoms with van der Waals surface area (Å²) < 4.78 is 0. The Hall–Kier alpha value is -0.590. The van der Waals surface area contributed by atoms with Gasteiger partial charge in [-0.15, -0.1) is 0 Å². The summed E-state index contributed by atoms with van der Waals surface area (Å²) in [5, 5.41) is 0. The molecule has 0 saturated carbocycles. The maximum atomic E-state index is 11.7. The first-order valence-corrected chi connectivity index (χ1v) is 4.99. The van der Waals surface area contributed by atoms with Crippen molar-refractivity contribution in [2.24, 2.45) is 5.92 Å². The number of carbonyl (C=O) groups is 1. The van der Waals surface area contributed by atoms with Crippen molar-refractivity contribution in [3.63, 3.8) is 0 Å². The fraction of sp³-hybridized carbons (Fsp3) is 0.727. The molecule has 68 valence electrons. The molecule has 0 amide bonds. The van der Waals surface area contributed by atoms with Crippen molar-refractivity contribution in [3.8, 4) is 0 Å². The summed E-state index contributed by atoms with van der Waals surface area (Å²) in [4.78, 5) is 11.7. The maximum Gasteiger partial charge on any atom is 0.161 e. The highest BCUT2D eigenvalue weighted by molar-refractivity contribution is 5.97. The van der Waals surface area contributed by atoms with Gasteiger partial charge in [0.1, 0.15) is 0 Å². The second-order valence-corrected chi connectivity index (χ2v) is 3.68. The van der Waals surface area contributed by atoms with Gasteiger partial charge in [0.2, 0.25) is 0 Å². The van der Waals surface area contributed by atoms with Gasteiger partial charge >= 0.3 is 0 Å². The van der Waals surface area contributed by atoms with E-state index in [0.29, 0.717) is 5.78 Å². The van der Waals surface area contributed by atoms with Crippen molar-refractivity contribution in [1.82, 2.24) is 0 Å². The minimum absolute atomic E-state index is 0.249. The Bertz CT molecular complexity index is 191. The Labute approximate surface area is 74.9 Å². The highest BCUT2D eigenvalue weighted by Crippen LogP contribution is 2.22. The van der Waals surface area contributed by atoms with Crippen molar-refractivity contribution >= 4 is 5.78 Å². The first-order chi connectivity index (χ1) is 5.75. The molecule has 0 aliphatic heterocycles. The van der Waals surface area contributed by atoms with Gasteiger partial charge < -0.3 is 0 Å². The third kappa shape index (κ3) is 2.20. The summed E-state index contributed by atoms with van der Waals surface area (Å²) in [6, 6.07) is 0. The Morgan fingerprint density at radius 1 is 1.67 bits per heavy atom. The van der Waals surface area contributed by atoms with Crippen LogP contribution >= 0.6 is 0 Å². The largest absolute Gasteiger partial charge is 0.294 e. The number of rotatable bonds is 4. The zero-order chi connectivity index (χ0) is 8.97. The van der Waals surface area contributed by atoms with Crippen LogP contribution in [0.25, 0.3) is 0 Å². The molecule has 0 spiro atoms. The number of ketones is 1. The molecule has 1 aliphatic carbocycles. The van der Waals surface area contributed by atoms with Crippen LogP contribution in [0.15, 0.2) is 11.6 Å². The van der Waals surface area contributed by atoms with Gasteiger partial charge in [-0.2, -0.15) is 0 Å². The summed E-state index contributed by atoms with van der Waals surface area (Å²) in [7, 11) is 0. The lowest BCUT2D eigenvalue weighted by atomic mass is 9.95. The third-order valence-corrected chi connectivity index (χ3v) is 2.53. The van der Waals surface area contributed by atoms with Gasteiger partial charge in [-0.1, -0.05) is 26.3 Å². The van der Waals surface area contributed by atoms with Crippen LogP contribution in [-0.4, -0.2) is 5.78 Å². The van der Waals surface area contributed by atoms with Gasteiger partial charge in [0.05, 0.1) is 0 Å². The van der Waals surface area contributed by atoms with Gasteiger partial charge in [-0.3, -0.25) is 4.79 Å². The minimum atomic E-state index is 0.249. The molecule has 0 aromatic carbocycles. The molecular formula is C11H18O. The van der Waals surface area contributed by atoms with Crippen molar-refractivity contribution in [1.29, 1.82) is 0 Å². The molecule has 0 bridgehead atoms. The summed E-state index contributed by atoms with van der Waals surface area (Å²) in [6.07, 6.45) is 7.58. The Morgan fingerprint density at radius 2 is 2.42 bits per heavy atom. The zero-order valence-corrected chi connectivity index (χ0v) is 8.10. The number of allylic oxidation sites excluding steroid dienone is 2. The Balaban J connectivity index is 2.45. The molecule has 1 aliphatic rings. The van der Waals surface area contributed by atoms with Crippen LogP contribution < -0.4 is 0 Å². The Morgan fingerprint density at radius 3 is 2.92 bits per heavy atom. The normalized spacial score (nSPS) is 19.0. The SMILES string of the molecule is CCCC(C)C(=O)C1=CCCC1. The molecule has 1 heteroatoms. The van der Waals surface area contributed by atoms with Crippen LogP contribution in [0.4, 0.5) is 0 Å². The molecule has 0 aromatic rings. The third-order valence-electron chi connectivity index (χ3n) is 2.53. The van der Waals surface area contributed by atoms with Gasteiger partial charge in [-0.25, -0.2) is 0 Å². The topological polar surface area (TPSA) is 17.1 Å². The number of hydrogen-bond acceptors (Lipinski definition) is 1. The second kappa shape index (κ2) is 4.44. The summed E-state index contributed by atoms with van der Waals surface area (Å²) in [5.41, 5.74) is 1.09. The molecule has 0 saturated heterocycles. The second-order valence-electron chi connectivity index (χ2n) is 3.68. The van der Waals surface area contributed by atoms with E-state index in [9.17, 15) is 4.79 Å². The number of hydrogen-bond donors (Lipinski definition) is 0. The zero-order valence-electron chi connectivity index (χ0n) is 8.10. The molecule has 12 heavy (non-hydrogen) atoms. The van der Waals surface area contributed by atoms with E-state index in [1.807, 2.05) is 6.92 Å². The lowest BCUT2D eigenvalue weighted by Gasteiger charge is -2.08. The van der Waals surface area contributed by atoms with Crippen molar-refractivity contribution in [2.75, 3.05) is 0 Å². The number of Topliss-reactive ketones (excluding diaryl/α,β-unsaturated/α-hetero) is 1. The van der Waals surface area contributed by atoms with Crippen LogP contribution in [0.3, 0.4) is 0 Å². The fourth-order valence-electron chi connectivity index (χ4n) is 1.78. The summed E-state index contributed by atoms with van der Waals surface area (Å²) in [5.74, 6) is 0.647. The highest BCUT2D eigenvalue weighted by atomic mass is 16.1. The van der Waals surface area contributed by atoms with E-state index in [1.165, 1.54) is 6.42 Å². The predicted octanol–water partition coefficient (Wildman–Crippen LogP) is 3.10. The predicted molar refractivity (Wildman–Crippen MR) is 51.0 cm³/mol. The molecule has 0 aromatic heterocycles. The molecule has 1 rings (SSSR count). The van der Waals surface area contributed by atoms with E-state index < -0.39 is 0 Å².